The maximum Gasteiger partial charge on any atom is 0.191 e. The van der Waals surface area contributed by atoms with E-state index in [4.69, 9.17) is 4.99 Å². The zero-order chi connectivity index (χ0) is 14.8. The van der Waals surface area contributed by atoms with E-state index in [9.17, 15) is 5.11 Å². The van der Waals surface area contributed by atoms with Crippen LogP contribution in [0.3, 0.4) is 0 Å². The first-order chi connectivity index (χ1) is 9.62. The molecule has 1 aliphatic rings. The van der Waals surface area contributed by atoms with E-state index in [0.29, 0.717) is 6.54 Å². The fourth-order valence-corrected chi connectivity index (χ4v) is 2.75. The van der Waals surface area contributed by atoms with Crippen LogP contribution in [0, 0.1) is 5.41 Å². The van der Waals surface area contributed by atoms with Crippen LogP contribution in [0.2, 0.25) is 0 Å². The molecule has 1 fully saturated rings. The number of guanidine groups is 1. The molecule has 0 heterocycles. The van der Waals surface area contributed by atoms with E-state index in [1.54, 1.807) is 0 Å². The van der Waals surface area contributed by atoms with E-state index in [2.05, 4.69) is 31.4 Å². The van der Waals surface area contributed by atoms with Gasteiger partial charge in [-0.1, -0.05) is 39.5 Å². The van der Waals surface area contributed by atoms with E-state index in [-0.39, 0.29) is 11.5 Å². The van der Waals surface area contributed by atoms with Crippen molar-refractivity contribution in [1.29, 1.82) is 0 Å². The van der Waals surface area contributed by atoms with Crippen LogP contribution in [-0.2, 0) is 0 Å². The van der Waals surface area contributed by atoms with Crippen LogP contribution >= 0.6 is 0 Å². The molecule has 2 atom stereocenters. The monoisotopic (exact) mass is 283 g/mol. The number of aliphatic imine (C=N–C) groups is 1. The Bertz CT molecular complexity index is 293. The SMILES string of the molecule is CCCCCNC(=NCC1(C)CCCCC1O)NCC. The quantitative estimate of drug-likeness (QED) is 0.382. The number of rotatable bonds is 7. The molecule has 0 aromatic rings. The Balaban J connectivity index is 2.47. The Morgan fingerprint density at radius 2 is 2.05 bits per heavy atom. The summed E-state index contributed by atoms with van der Waals surface area (Å²) in [6, 6.07) is 0. The number of aliphatic hydroxyl groups is 1. The molecule has 4 heteroatoms. The van der Waals surface area contributed by atoms with Gasteiger partial charge in [0, 0.05) is 18.5 Å². The smallest absolute Gasteiger partial charge is 0.191 e. The standard InChI is InChI=1S/C16H33N3O/c1-4-6-9-12-18-15(17-5-2)19-13-16(3)11-8-7-10-14(16)20/h14,20H,4-13H2,1-3H3,(H2,17,18,19). The van der Waals surface area contributed by atoms with Crippen LogP contribution < -0.4 is 10.6 Å². The molecular weight excluding hydrogens is 250 g/mol. The van der Waals surface area contributed by atoms with Gasteiger partial charge in [0.25, 0.3) is 0 Å². The van der Waals surface area contributed by atoms with Crippen LogP contribution in [0.15, 0.2) is 4.99 Å². The van der Waals surface area contributed by atoms with Crippen LogP contribution in [0.4, 0.5) is 0 Å². The van der Waals surface area contributed by atoms with Crippen molar-refractivity contribution in [3.8, 4) is 0 Å². The highest BCUT2D eigenvalue weighted by Crippen LogP contribution is 2.36. The molecule has 2 unspecified atom stereocenters. The molecule has 0 aromatic heterocycles. The average molecular weight is 283 g/mol. The summed E-state index contributed by atoms with van der Waals surface area (Å²) in [6.45, 7) is 9.01. The Labute approximate surface area is 124 Å². The molecule has 0 aliphatic heterocycles. The molecule has 20 heavy (non-hydrogen) atoms. The number of hydrogen-bond acceptors (Lipinski definition) is 2. The Kier molecular flexibility index (Phi) is 7.97. The van der Waals surface area contributed by atoms with E-state index >= 15 is 0 Å². The lowest BCUT2D eigenvalue weighted by Gasteiger charge is -2.37. The summed E-state index contributed by atoms with van der Waals surface area (Å²) >= 11 is 0. The minimum atomic E-state index is -0.206. The normalized spacial score (nSPS) is 27.4. The van der Waals surface area contributed by atoms with Gasteiger partial charge in [-0.3, -0.25) is 4.99 Å². The summed E-state index contributed by atoms with van der Waals surface area (Å²) in [5.74, 6) is 0.891. The summed E-state index contributed by atoms with van der Waals surface area (Å²) in [5.41, 5.74) is -0.0516. The van der Waals surface area contributed by atoms with Crippen molar-refractivity contribution in [3.05, 3.63) is 0 Å². The third-order valence-electron chi connectivity index (χ3n) is 4.30. The van der Waals surface area contributed by atoms with Crippen LogP contribution in [0.5, 0.6) is 0 Å². The number of unbranched alkanes of at least 4 members (excludes halogenated alkanes) is 2. The van der Waals surface area contributed by atoms with Gasteiger partial charge in [-0.25, -0.2) is 0 Å². The predicted molar refractivity (Wildman–Crippen MR) is 86.1 cm³/mol. The van der Waals surface area contributed by atoms with Crippen LogP contribution in [-0.4, -0.2) is 36.8 Å². The third-order valence-corrected chi connectivity index (χ3v) is 4.30. The van der Waals surface area contributed by atoms with Gasteiger partial charge < -0.3 is 15.7 Å². The third kappa shape index (κ3) is 5.70. The molecule has 4 nitrogen and oxygen atoms in total. The Hall–Kier alpha value is -0.770. The summed E-state index contributed by atoms with van der Waals surface area (Å²) in [4.78, 5) is 4.69. The first-order valence-electron chi connectivity index (χ1n) is 8.32. The highest BCUT2D eigenvalue weighted by Gasteiger charge is 2.35. The van der Waals surface area contributed by atoms with Crippen molar-refractivity contribution in [2.24, 2.45) is 10.4 Å². The highest BCUT2D eigenvalue weighted by molar-refractivity contribution is 5.79. The van der Waals surface area contributed by atoms with Crippen molar-refractivity contribution in [3.63, 3.8) is 0 Å². The summed E-state index contributed by atoms with van der Waals surface area (Å²) in [5, 5.41) is 16.9. The fraction of sp³-hybridized carbons (Fsp3) is 0.938. The van der Waals surface area contributed by atoms with E-state index in [1.807, 2.05) is 0 Å². The molecule has 1 saturated carbocycles. The van der Waals surface area contributed by atoms with Gasteiger partial charge in [0.15, 0.2) is 5.96 Å². The number of nitrogens with zero attached hydrogens (tertiary/aromatic N) is 1. The lowest BCUT2D eigenvalue weighted by molar-refractivity contribution is 0.00716. The lowest BCUT2D eigenvalue weighted by Crippen LogP contribution is -2.42. The fourth-order valence-electron chi connectivity index (χ4n) is 2.75. The molecule has 118 valence electrons. The molecule has 1 rings (SSSR count). The van der Waals surface area contributed by atoms with Gasteiger partial charge in [0.05, 0.1) is 12.6 Å². The van der Waals surface area contributed by atoms with Crippen LogP contribution in [0.25, 0.3) is 0 Å². The van der Waals surface area contributed by atoms with E-state index < -0.39 is 0 Å². The largest absolute Gasteiger partial charge is 0.392 e. The van der Waals surface area contributed by atoms with Crippen molar-refractivity contribution in [1.82, 2.24) is 10.6 Å². The second-order valence-electron chi connectivity index (χ2n) is 6.24. The second kappa shape index (κ2) is 9.22. The minimum absolute atomic E-state index is 0.0516. The number of aliphatic hydroxyl groups excluding tert-OH is 1. The topological polar surface area (TPSA) is 56.7 Å². The summed E-state index contributed by atoms with van der Waals surface area (Å²) in [6.07, 6.45) is 7.82. The molecule has 0 saturated heterocycles. The maximum absolute atomic E-state index is 10.2. The molecule has 1 aliphatic carbocycles. The number of nitrogens with one attached hydrogen (secondary N) is 2. The number of hydrogen-bond donors (Lipinski definition) is 3. The van der Waals surface area contributed by atoms with Gasteiger partial charge in [0.2, 0.25) is 0 Å². The highest BCUT2D eigenvalue weighted by atomic mass is 16.3. The van der Waals surface area contributed by atoms with Crippen molar-refractivity contribution in [2.75, 3.05) is 19.6 Å². The maximum atomic E-state index is 10.2. The first-order valence-corrected chi connectivity index (χ1v) is 8.32. The van der Waals surface area contributed by atoms with Crippen molar-refractivity contribution in [2.45, 2.75) is 71.8 Å². The average Bonchev–Trinajstić information content (AvgIpc) is 2.44. The van der Waals surface area contributed by atoms with Gasteiger partial charge in [-0.2, -0.15) is 0 Å². The van der Waals surface area contributed by atoms with Crippen molar-refractivity contribution >= 4 is 5.96 Å². The molecule has 0 radical (unpaired) electrons. The minimum Gasteiger partial charge on any atom is -0.392 e. The molecule has 0 aromatic carbocycles. The molecule has 0 bridgehead atoms. The van der Waals surface area contributed by atoms with Gasteiger partial charge >= 0.3 is 0 Å². The lowest BCUT2D eigenvalue weighted by atomic mass is 9.73. The van der Waals surface area contributed by atoms with Gasteiger partial charge in [0.1, 0.15) is 0 Å². The summed E-state index contributed by atoms with van der Waals surface area (Å²) in [7, 11) is 0. The van der Waals surface area contributed by atoms with Crippen molar-refractivity contribution < 1.29 is 5.11 Å². The molecule has 0 amide bonds. The zero-order valence-corrected chi connectivity index (χ0v) is 13.5. The molecule has 3 N–H and O–H groups in total. The van der Waals surface area contributed by atoms with Gasteiger partial charge in [-0.15, -0.1) is 0 Å². The zero-order valence-electron chi connectivity index (χ0n) is 13.5. The second-order valence-corrected chi connectivity index (χ2v) is 6.24. The predicted octanol–water partition coefficient (Wildman–Crippen LogP) is 2.67. The van der Waals surface area contributed by atoms with Gasteiger partial charge in [-0.05, 0) is 26.2 Å². The Morgan fingerprint density at radius 1 is 1.25 bits per heavy atom. The molecular formula is C16H33N3O. The molecule has 0 spiro atoms. The summed E-state index contributed by atoms with van der Waals surface area (Å²) < 4.78 is 0. The van der Waals surface area contributed by atoms with Crippen LogP contribution in [0.1, 0.15) is 65.7 Å². The van der Waals surface area contributed by atoms with E-state index in [1.165, 1.54) is 25.7 Å². The Morgan fingerprint density at radius 3 is 2.70 bits per heavy atom. The first kappa shape index (κ1) is 17.3. The van der Waals surface area contributed by atoms with E-state index in [0.717, 1.165) is 38.3 Å².